The molecule has 1 fully saturated rings. The van der Waals surface area contributed by atoms with Crippen LogP contribution in [-0.2, 0) is 17.8 Å². The van der Waals surface area contributed by atoms with Crippen LogP contribution < -0.4 is 5.56 Å². The molecule has 0 bridgehead atoms. The van der Waals surface area contributed by atoms with Gasteiger partial charge in [0.1, 0.15) is 0 Å². The highest BCUT2D eigenvalue weighted by atomic mass is 16.5. The number of H-pyrrole nitrogens is 1. The number of aryl methyl sites for hydroxylation is 2. The van der Waals surface area contributed by atoms with Crippen molar-refractivity contribution in [3.8, 4) is 0 Å². The summed E-state index contributed by atoms with van der Waals surface area (Å²) in [5.41, 5.74) is 3.64. The van der Waals surface area contributed by atoms with Crippen LogP contribution in [0.1, 0.15) is 61.2 Å². The van der Waals surface area contributed by atoms with Gasteiger partial charge in [-0.25, -0.2) is 4.68 Å². The summed E-state index contributed by atoms with van der Waals surface area (Å²) < 4.78 is 7.62. The van der Waals surface area contributed by atoms with Crippen LogP contribution in [-0.4, -0.2) is 61.1 Å². The van der Waals surface area contributed by atoms with E-state index in [2.05, 4.69) is 51.4 Å². The first-order valence-corrected chi connectivity index (χ1v) is 11.9. The Kier molecular flexibility index (Phi) is 7.52. The van der Waals surface area contributed by atoms with E-state index in [0.29, 0.717) is 25.2 Å². The van der Waals surface area contributed by atoms with Crippen LogP contribution in [0.15, 0.2) is 23.0 Å². The van der Waals surface area contributed by atoms with Gasteiger partial charge in [0, 0.05) is 25.3 Å². The van der Waals surface area contributed by atoms with Crippen LogP contribution in [0, 0.1) is 13.8 Å². The molecule has 1 aliphatic rings. The number of fused-ring (bicyclic) bond motifs is 1. The van der Waals surface area contributed by atoms with Crippen LogP contribution in [0.25, 0.3) is 10.9 Å². The van der Waals surface area contributed by atoms with E-state index in [9.17, 15) is 9.90 Å². The predicted octanol–water partition coefficient (Wildman–Crippen LogP) is 2.65. The minimum Gasteiger partial charge on any atom is -0.395 e. The summed E-state index contributed by atoms with van der Waals surface area (Å²) in [6.07, 6.45) is 3.92. The number of ether oxygens (including phenoxy) is 1. The van der Waals surface area contributed by atoms with Crippen molar-refractivity contribution >= 4 is 10.9 Å². The monoisotopic (exact) mass is 454 g/mol. The Balaban J connectivity index is 1.66. The fourth-order valence-electron chi connectivity index (χ4n) is 4.85. The zero-order valence-corrected chi connectivity index (χ0v) is 19.8. The van der Waals surface area contributed by atoms with E-state index in [0.717, 1.165) is 60.1 Å². The smallest absolute Gasteiger partial charge is 0.252 e. The Bertz CT molecular complexity index is 1130. The normalized spacial score (nSPS) is 17.3. The fraction of sp³-hybridized carbons (Fsp3) is 0.583. The number of aliphatic hydroxyl groups excluding tert-OH is 1. The summed E-state index contributed by atoms with van der Waals surface area (Å²) in [5.74, 6) is 0.754. The number of nitrogens with zero attached hydrogens (tertiary/aromatic N) is 5. The minimum atomic E-state index is -0.118. The van der Waals surface area contributed by atoms with Gasteiger partial charge in [0.15, 0.2) is 5.82 Å². The third-order valence-electron chi connectivity index (χ3n) is 6.39. The summed E-state index contributed by atoms with van der Waals surface area (Å²) in [6, 6.07) is 6.01. The lowest BCUT2D eigenvalue weighted by Gasteiger charge is -2.30. The number of hydrogen-bond donors (Lipinski definition) is 2. The summed E-state index contributed by atoms with van der Waals surface area (Å²) in [4.78, 5) is 18.1. The number of pyridine rings is 1. The molecule has 0 radical (unpaired) electrons. The SMILES string of the molecule is CCC[C@H](c1nnnn1C[C@@H]1CCCO1)N(CCO)Cc1cc2cc(C)cc(C)c2[nH]c1=O. The van der Waals surface area contributed by atoms with Crippen molar-refractivity contribution in [2.45, 2.75) is 71.7 Å². The number of rotatable bonds is 10. The van der Waals surface area contributed by atoms with Gasteiger partial charge >= 0.3 is 0 Å². The molecule has 0 amide bonds. The molecule has 33 heavy (non-hydrogen) atoms. The highest BCUT2D eigenvalue weighted by Gasteiger charge is 2.28. The summed E-state index contributed by atoms with van der Waals surface area (Å²) >= 11 is 0. The Morgan fingerprint density at radius 3 is 2.91 bits per heavy atom. The molecule has 0 saturated carbocycles. The summed E-state index contributed by atoms with van der Waals surface area (Å²) in [6.45, 7) is 8.38. The van der Waals surface area contributed by atoms with E-state index in [1.54, 1.807) is 0 Å². The van der Waals surface area contributed by atoms with Gasteiger partial charge in [-0.05, 0) is 66.6 Å². The van der Waals surface area contributed by atoms with E-state index in [1.807, 2.05) is 17.7 Å². The number of hydrogen-bond acceptors (Lipinski definition) is 7. The van der Waals surface area contributed by atoms with Crippen LogP contribution >= 0.6 is 0 Å². The molecular weight excluding hydrogens is 420 g/mol. The van der Waals surface area contributed by atoms with Crippen molar-refractivity contribution in [1.29, 1.82) is 0 Å². The molecular formula is C24H34N6O3. The molecule has 2 aromatic heterocycles. The maximum absolute atomic E-state index is 13.0. The van der Waals surface area contributed by atoms with Gasteiger partial charge in [-0.1, -0.05) is 25.0 Å². The molecule has 9 heteroatoms. The van der Waals surface area contributed by atoms with Gasteiger partial charge in [0.25, 0.3) is 5.56 Å². The number of tetrazole rings is 1. The predicted molar refractivity (Wildman–Crippen MR) is 126 cm³/mol. The van der Waals surface area contributed by atoms with Gasteiger partial charge in [-0.3, -0.25) is 9.69 Å². The van der Waals surface area contributed by atoms with Gasteiger partial charge in [0.2, 0.25) is 0 Å². The third-order valence-corrected chi connectivity index (χ3v) is 6.39. The molecule has 2 N–H and O–H groups in total. The van der Waals surface area contributed by atoms with Crippen molar-refractivity contribution in [2.24, 2.45) is 0 Å². The highest BCUT2D eigenvalue weighted by molar-refractivity contribution is 5.82. The first-order chi connectivity index (χ1) is 16.0. The fourth-order valence-corrected chi connectivity index (χ4v) is 4.85. The molecule has 0 spiro atoms. The van der Waals surface area contributed by atoms with Crippen LogP contribution in [0.4, 0.5) is 0 Å². The van der Waals surface area contributed by atoms with Gasteiger partial charge in [-0.2, -0.15) is 0 Å². The molecule has 0 unspecified atom stereocenters. The number of aliphatic hydroxyl groups is 1. The van der Waals surface area contributed by atoms with Crippen molar-refractivity contribution in [3.63, 3.8) is 0 Å². The Morgan fingerprint density at radius 2 is 2.18 bits per heavy atom. The molecule has 3 heterocycles. The number of aromatic nitrogens is 5. The lowest BCUT2D eigenvalue weighted by atomic mass is 10.0. The van der Waals surface area contributed by atoms with Crippen LogP contribution in [0.5, 0.6) is 0 Å². The second kappa shape index (κ2) is 10.5. The van der Waals surface area contributed by atoms with E-state index >= 15 is 0 Å². The van der Waals surface area contributed by atoms with E-state index in [1.165, 1.54) is 0 Å². The Labute approximate surface area is 193 Å². The minimum absolute atomic E-state index is 0.0166. The average molecular weight is 455 g/mol. The first kappa shape index (κ1) is 23.5. The second-order valence-electron chi connectivity index (χ2n) is 9.02. The second-order valence-corrected chi connectivity index (χ2v) is 9.02. The molecule has 2 atom stereocenters. The largest absolute Gasteiger partial charge is 0.395 e. The molecule has 1 saturated heterocycles. The average Bonchev–Trinajstić information content (AvgIpc) is 3.45. The van der Waals surface area contributed by atoms with Crippen molar-refractivity contribution in [2.75, 3.05) is 19.8 Å². The zero-order chi connectivity index (χ0) is 23.4. The maximum Gasteiger partial charge on any atom is 0.252 e. The third kappa shape index (κ3) is 5.31. The number of nitrogens with one attached hydrogen (secondary N) is 1. The van der Waals surface area contributed by atoms with Crippen molar-refractivity contribution < 1.29 is 9.84 Å². The van der Waals surface area contributed by atoms with Crippen molar-refractivity contribution in [1.82, 2.24) is 30.1 Å². The molecule has 4 rings (SSSR count). The van der Waals surface area contributed by atoms with Gasteiger partial charge < -0.3 is 14.8 Å². The van der Waals surface area contributed by atoms with E-state index < -0.39 is 0 Å². The molecule has 3 aromatic rings. The summed E-state index contributed by atoms with van der Waals surface area (Å²) in [7, 11) is 0. The van der Waals surface area contributed by atoms with Gasteiger partial charge in [0.05, 0.1) is 30.8 Å². The zero-order valence-electron chi connectivity index (χ0n) is 19.8. The molecule has 0 aliphatic carbocycles. The topological polar surface area (TPSA) is 109 Å². The standard InChI is InChI=1S/C24H34N6O3/c1-4-6-21(23-26-27-28-30(23)15-20-7-5-10-33-20)29(8-9-31)14-19-13-18-12-16(2)11-17(3)22(18)25-24(19)32/h11-13,20-21,31H,4-10,14-15H2,1-3H3,(H,25,32)/t20-,21+/m0/s1. The summed E-state index contributed by atoms with van der Waals surface area (Å²) in [5, 5.41) is 23.4. The lowest BCUT2D eigenvalue weighted by Crippen LogP contribution is -2.35. The number of benzene rings is 1. The van der Waals surface area contributed by atoms with E-state index in [4.69, 9.17) is 4.74 Å². The Hall–Kier alpha value is -2.62. The molecule has 1 aromatic carbocycles. The van der Waals surface area contributed by atoms with Crippen LogP contribution in [0.3, 0.4) is 0 Å². The highest BCUT2D eigenvalue weighted by Crippen LogP contribution is 2.27. The maximum atomic E-state index is 13.0. The molecule has 9 nitrogen and oxygen atoms in total. The van der Waals surface area contributed by atoms with Crippen LogP contribution in [0.2, 0.25) is 0 Å². The van der Waals surface area contributed by atoms with E-state index in [-0.39, 0.29) is 24.3 Å². The molecule has 178 valence electrons. The van der Waals surface area contributed by atoms with Gasteiger partial charge in [-0.15, -0.1) is 5.10 Å². The van der Waals surface area contributed by atoms with Crippen molar-refractivity contribution in [3.05, 3.63) is 51.1 Å². The number of aromatic amines is 1. The first-order valence-electron chi connectivity index (χ1n) is 11.9. The lowest BCUT2D eigenvalue weighted by molar-refractivity contribution is 0.0870. The molecule has 1 aliphatic heterocycles. The Morgan fingerprint density at radius 1 is 1.33 bits per heavy atom. The quantitative estimate of drug-likeness (QED) is 0.485.